The molecule has 0 aromatic heterocycles. The molecule has 0 amide bonds. The standard InChI is InChI=1S/C16H23NO2/c1-3-19-14-9-5-4-8-13(14)15(18)16(17)10-6-7-12(2)11-16/h4-5,8-9,12H,3,6-7,10-11,17H2,1-2H3. The summed E-state index contributed by atoms with van der Waals surface area (Å²) < 4.78 is 5.54. The van der Waals surface area contributed by atoms with Crippen LogP contribution in [-0.4, -0.2) is 17.9 Å². The Morgan fingerprint density at radius 3 is 2.89 bits per heavy atom. The van der Waals surface area contributed by atoms with Crippen LogP contribution in [0.5, 0.6) is 5.75 Å². The Balaban J connectivity index is 2.28. The highest BCUT2D eigenvalue weighted by Crippen LogP contribution is 2.34. The maximum absolute atomic E-state index is 12.8. The van der Waals surface area contributed by atoms with E-state index >= 15 is 0 Å². The third kappa shape index (κ3) is 2.98. The summed E-state index contributed by atoms with van der Waals surface area (Å²) in [5, 5.41) is 0. The zero-order valence-corrected chi connectivity index (χ0v) is 11.8. The van der Waals surface area contributed by atoms with Gasteiger partial charge in [0.1, 0.15) is 5.75 Å². The smallest absolute Gasteiger partial charge is 0.186 e. The maximum Gasteiger partial charge on any atom is 0.186 e. The first-order valence-electron chi connectivity index (χ1n) is 7.12. The van der Waals surface area contributed by atoms with Gasteiger partial charge in [0.05, 0.1) is 17.7 Å². The number of Topliss-reactive ketones (excluding diaryl/α,β-unsaturated/α-hetero) is 1. The van der Waals surface area contributed by atoms with Gasteiger partial charge in [0.15, 0.2) is 5.78 Å². The lowest BCUT2D eigenvalue weighted by Gasteiger charge is -2.35. The maximum atomic E-state index is 12.8. The highest BCUT2D eigenvalue weighted by atomic mass is 16.5. The first-order chi connectivity index (χ1) is 9.07. The minimum absolute atomic E-state index is 0.0306. The van der Waals surface area contributed by atoms with E-state index in [9.17, 15) is 4.79 Å². The van der Waals surface area contributed by atoms with E-state index in [0.717, 1.165) is 19.3 Å². The largest absolute Gasteiger partial charge is 0.493 e. The van der Waals surface area contributed by atoms with Crippen LogP contribution in [0.25, 0.3) is 0 Å². The van der Waals surface area contributed by atoms with Crippen molar-refractivity contribution in [2.24, 2.45) is 11.7 Å². The van der Waals surface area contributed by atoms with E-state index in [-0.39, 0.29) is 5.78 Å². The van der Waals surface area contributed by atoms with Crippen LogP contribution in [0.1, 0.15) is 49.9 Å². The predicted octanol–water partition coefficient (Wildman–Crippen LogP) is 3.18. The van der Waals surface area contributed by atoms with Crippen LogP contribution in [0, 0.1) is 5.92 Å². The molecule has 0 heterocycles. The molecule has 0 spiro atoms. The van der Waals surface area contributed by atoms with E-state index in [1.54, 1.807) is 0 Å². The second-order valence-corrected chi connectivity index (χ2v) is 5.62. The number of rotatable bonds is 4. The lowest BCUT2D eigenvalue weighted by Crippen LogP contribution is -2.51. The summed E-state index contributed by atoms with van der Waals surface area (Å²) in [7, 11) is 0. The number of carbonyl (C=O) groups is 1. The second kappa shape index (κ2) is 5.74. The molecule has 3 heteroatoms. The molecule has 104 valence electrons. The summed E-state index contributed by atoms with van der Waals surface area (Å²) in [5.41, 5.74) is 6.29. The minimum Gasteiger partial charge on any atom is -0.493 e. The van der Waals surface area contributed by atoms with E-state index in [1.165, 1.54) is 6.42 Å². The van der Waals surface area contributed by atoms with Gasteiger partial charge in [-0.2, -0.15) is 0 Å². The second-order valence-electron chi connectivity index (χ2n) is 5.62. The van der Waals surface area contributed by atoms with Crippen molar-refractivity contribution >= 4 is 5.78 Å². The Bertz CT molecular complexity index is 458. The van der Waals surface area contributed by atoms with Crippen molar-refractivity contribution in [1.82, 2.24) is 0 Å². The molecule has 0 aliphatic heterocycles. The van der Waals surface area contributed by atoms with Crippen LogP contribution in [0.15, 0.2) is 24.3 Å². The summed E-state index contributed by atoms with van der Waals surface area (Å²) in [6, 6.07) is 7.41. The third-order valence-electron chi connectivity index (χ3n) is 3.92. The molecule has 0 radical (unpaired) electrons. The number of ketones is 1. The summed E-state index contributed by atoms with van der Waals surface area (Å²) >= 11 is 0. The van der Waals surface area contributed by atoms with Crippen molar-refractivity contribution < 1.29 is 9.53 Å². The first-order valence-corrected chi connectivity index (χ1v) is 7.12. The summed E-state index contributed by atoms with van der Waals surface area (Å²) in [6.45, 7) is 4.64. The molecule has 1 aromatic rings. The zero-order chi connectivity index (χ0) is 13.9. The highest BCUT2D eigenvalue weighted by molar-refractivity contribution is 6.05. The van der Waals surface area contributed by atoms with E-state index in [0.29, 0.717) is 23.8 Å². The van der Waals surface area contributed by atoms with Crippen LogP contribution in [-0.2, 0) is 0 Å². The number of hydrogen-bond acceptors (Lipinski definition) is 3. The van der Waals surface area contributed by atoms with Gasteiger partial charge < -0.3 is 10.5 Å². The van der Waals surface area contributed by atoms with Gasteiger partial charge in [-0.25, -0.2) is 0 Å². The molecule has 3 nitrogen and oxygen atoms in total. The van der Waals surface area contributed by atoms with Crippen molar-refractivity contribution in [1.29, 1.82) is 0 Å². The van der Waals surface area contributed by atoms with Gasteiger partial charge in [-0.3, -0.25) is 4.79 Å². The van der Waals surface area contributed by atoms with Gasteiger partial charge in [0.2, 0.25) is 0 Å². The Kier molecular flexibility index (Phi) is 4.25. The number of benzene rings is 1. The fourth-order valence-corrected chi connectivity index (χ4v) is 3.00. The number of carbonyl (C=O) groups excluding carboxylic acids is 1. The minimum atomic E-state index is -0.717. The van der Waals surface area contributed by atoms with Crippen molar-refractivity contribution in [3.63, 3.8) is 0 Å². The van der Waals surface area contributed by atoms with Crippen LogP contribution in [0.3, 0.4) is 0 Å². The molecule has 0 bridgehead atoms. The van der Waals surface area contributed by atoms with Gasteiger partial charge in [-0.05, 0) is 37.8 Å². The van der Waals surface area contributed by atoms with Crippen molar-refractivity contribution in [3.8, 4) is 5.75 Å². The molecule has 1 aromatic carbocycles. The van der Waals surface area contributed by atoms with E-state index in [2.05, 4.69) is 6.92 Å². The quantitative estimate of drug-likeness (QED) is 0.847. The number of para-hydroxylation sites is 1. The predicted molar refractivity (Wildman–Crippen MR) is 76.5 cm³/mol. The summed E-state index contributed by atoms with van der Waals surface area (Å²) in [6.07, 6.45) is 3.74. The van der Waals surface area contributed by atoms with Gasteiger partial charge in [-0.15, -0.1) is 0 Å². The molecule has 2 rings (SSSR count). The van der Waals surface area contributed by atoms with Gasteiger partial charge in [0, 0.05) is 0 Å². The Hall–Kier alpha value is -1.35. The highest BCUT2D eigenvalue weighted by Gasteiger charge is 2.39. The lowest BCUT2D eigenvalue weighted by atomic mass is 9.73. The summed E-state index contributed by atoms with van der Waals surface area (Å²) in [5.74, 6) is 1.20. The van der Waals surface area contributed by atoms with Crippen LogP contribution >= 0.6 is 0 Å². The molecule has 2 N–H and O–H groups in total. The molecule has 1 saturated carbocycles. The fraction of sp³-hybridized carbons (Fsp3) is 0.562. The molecule has 1 fully saturated rings. The third-order valence-corrected chi connectivity index (χ3v) is 3.92. The molecular weight excluding hydrogens is 238 g/mol. The Morgan fingerprint density at radius 2 is 2.21 bits per heavy atom. The number of nitrogens with two attached hydrogens (primary N) is 1. The Labute approximate surface area is 115 Å². The number of hydrogen-bond donors (Lipinski definition) is 1. The van der Waals surface area contributed by atoms with Crippen LogP contribution in [0.2, 0.25) is 0 Å². The average Bonchev–Trinajstić information content (AvgIpc) is 2.39. The SMILES string of the molecule is CCOc1ccccc1C(=O)C1(N)CCCC(C)C1. The van der Waals surface area contributed by atoms with Crippen molar-refractivity contribution in [2.45, 2.75) is 45.1 Å². The molecule has 1 aliphatic carbocycles. The number of ether oxygens (including phenoxy) is 1. The van der Waals surface area contributed by atoms with Gasteiger partial charge in [0.25, 0.3) is 0 Å². The molecule has 0 saturated heterocycles. The Morgan fingerprint density at radius 1 is 1.47 bits per heavy atom. The van der Waals surface area contributed by atoms with Gasteiger partial charge in [-0.1, -0.05) is 31.9 Å². The topological polar surface area (TPSA) is 52.3 Å². The van der Waals surface area contributed by atoms with Crippen LogP contribution < -0.4 is 10.5 Å². The molecule has 19 heavy (non-hydrogen) atoms. The van der Waals surface area contributed by atoms with Crippen molar-refractivity contribution in [2.75, 3.05) is 6.61 Å². The van der Waals surface area contributed by atoms with Crippen LogP contribution in [0.4, 0.5) is 0 Å². The van der Waals surface area contributed by atoms with E-state index in [1.807, 2.05) is 31.2 Å². The molecule has 1 aliphatic rings. The van der Waals surface area contributed by atoms with E-state index < -0.39 is 5.54 Å². The van der Waals surface area contributed by atoms with E-state index in [4.69, 9.17) is 10.5 Å². The molecular formula is C16H23NO2. The van der Waals surface area contributed by atoms with Crippen molar-refractivity contribution in [3.05, 3.63) is 29.8 Å². The summed E-state index contributed by atoms with van der Waals surface area (Å²) in [4.78, 5) is 12.8. The molecule has 2 unspecified atom stereocenters. The average molecular weight is 261 g/mol. The normalized spacial score (nSPS) is 27.0. The lowest BCUT2D eigenvalue weighted by molar-refractivity contribution is 0.0815. The van der Waals surface area contributed by atoms with Gasteiger partial charge >= 0.3 is 0 Å². The first kappa shape index (κ1) is 14.1. The zero-order valence-electron chi connectivity index (χ0n) is 11.8. The molecule has 2 atom stereocenters. The fourth-order valence-electron chi connectivity index (χ4n) is 3.00. The monoisotopic (exact) mass is 261 g/mol.